The Morgan fingerprint density at radius 3 is 2.65 bits per heavy atom. The number of aryl methyl sites for hydroxylation is 1. The highest BCUT2D eigenvalue weighted by atomic mass is 32.2. The van der Waals surface area contributed by atoms with Gasteiger partial charge in [-0.1, -0.05) is 29.2 Å². The summed E-state index contributed by atoms with van der Waals surface area (Å²) in [6.45, 7) is 2.57. The molecule has 0 bridgehead atoms. The van der Waals surface area contributed by atoms with Crippen LogP contribution in [-0.4, -0.2) is 48.0 Å². The molecule has 23 heavy (non-hydrogen) atoms. The molecule has 8 heteroatoms. The predicted octanol–water partition coefficient (Wildman–Crippen LogP) is 2.53. The lowest BCUT2D eigenvalue weighted by atomic mass is 10.2. The zero-order valence-electron chi connectivity index (χ0n) is 13.3. The third-order valence-electron chi connectivity index (χ3n) is 2.93. The molecule has 2 rings (SSSR count). The zero-order valence-corrected chi connectivity index (χ0v) is 14.9. The van der Waals surface area contributed by atoms with Gasteiger partial charge in [-0.3, -0.25) is 0 Å². The molecule has 1 aromatic carbocycles. The fourth-order valence-electron chi connectivity index (χ4n) is 1.84. The first-order valence-electron chi connectivity index (χ1n) is 7.02. The van der Waals surface area contributed by atoms with E-state index in [1.165, 1.54) is 23.1 Å². The van der Waals surface area contributed by atoms with E-state index in [1.807, 2.05) is 25.1 Å². The van der Waals surface area contributed by atoms with E-state index in [9.17, 15) is 5.11 Å². The molecule has 0 saturated heterocycles. The van der Waals surface area contributed by atoms with Crippen LogP contribution < -0.4 is 9.47 Å². The Balaban J connectivity index is 1.73. The van der Waals surface area contributed by atoms with E-state index >= 15 is 0 Å². The fraction of sp³-hybridized carbons (Fsp3) is 0.467. The Morgan fingerprint density at radius 1 is 1.22 bits per heavy atom. The van der Waals surface area contributed by atoms with E-state index in [1.54, 1.807) is 14.2 Å². The Kier molecular flexibility index (Phi) is 7.10. The molecule has 1 aromatic heterocycles. The summed E-state index contributed by atoms with van der Waals surface area (Å²) in [5.74, 6) is 1.87. The summed E-state index contributed by atoms with van der Waals surface area (Å²) in [6, 6.07) is 5.61. The minimum Gasteiger partial charge on any atom is -0.493 e. The van der Waals surface area contributed by atoms with E-state index in [2.05, 4.69) is 10.2 Å². The number of nitrogens with zero attached hydrogens (tertiary/aromatic N) is 2. The van der Waals surface area contributed by atoms with E-state index in [0.29, 0.717) is 23.9 Å². The van der Waals surface area contributed by atoms with E-state index in [4.69, 9.17) is 14.2 Å². The summed E-state index contributed by atoms with van der Waals surface area (Å²) >= 11 is 3.01. The van der Waals surface area contributed by atoms with Gasteiger partial charge >= 0.3 is 0 Å². The molecule has 0 fully saturated rings. The molecule has 1 N–H and O–H groups in total. The van der Waals surface area contributed by atoms with Crippen molar-refractivity contribution >= 4 is 23.1 Å². The van der Waals surface area contributed by atoms with Crippen LogP contribution in [0.25, 0.3) is 0 Å². The maximum absolute atomic E-state index is 9.94. The third-order valence-corrected chi connectivity index (χ3v) is 5.05. The molecule has 1 atom stereocenters. The number of aliphatic hydroxyl groups excluding tert-OH is 1. The molecular formula is C15H20N2O4S2. The highest BCUT2D eigenvalue weighted by Gasteiger charge is 2.09. The SMILES string of the molecule is COc1ccc(COCC(O)CSc2nnc(C)s2)cc1OC. The van der Waals surface area contributed by atoms with Crippen LogP contribution in [0.5, 0.6) is 11.5 Å². The summed E-state index contributed by atoms with van der Waals surface area (Å²) in [5, 5.41) is 18.8. The highest BCUT2D eigenvalue weighted by molar-refractivity contribution is 8.01. The van der Waals surface area contributed by atoms with Gasteiger partial charge in [-0.15, -0.1) is 10.2 Å². The van der Waals surface area contributed by atoms with Crippen molar-refractivity contribution in [3.05, 3.63) is 28.8 Å². The average molecular weight is 356 g/mol. The molecule has 0 aliphatic heterocycles. The van der Waals surface area contributed by atoms with Gasteiger partial charge in [0.2, 0.25) is 0 Å². The number of benzene rings is 1. The minimum absolute atomic E-state index is 0.263. The van der Waals surface area contributed by atoms with Gasteiger partial charge in [0.25, 0.3) is 0 Å². The molecule has 1 heterocycles. The number of aliphatic hydroxyl groups is 1. The van der Waals surface area contributed by atoms with Crippen LogP contribution in [0.3, 0.4) is 0 Å². The second-order valence-corrected chi connectivity index (χ2v) is 7.21. The van der Waals surface area contributed by atoms with Gasteiger partial charge in [-0.2, -0.15) is 0 Å². The first-order valence-corrected chi connectivity index (χ1v) is 8.82. The van der Waals surface area contributed by atoms with Crippen molar-refractivity contribution in [2.75, 3.05) is 26.6 Å². The average Bonchev–Trinajstić information content (AvgIpc) is 2.98. The molecule has 6 nitrogen and oxygen atoms in total. The number of thioether (sulfide) groups is 1. The standard InChI is InChI=1S/C15H20N2O4S2/c1-10-16-17-15(23-10)22-9-12(18)8-21-7-11-4-5-13(19-2)14(6-11)20-3/h4-6,12,18H,7-9H2,1-3H3. The number of aromatic nitrogens is 2. The van der Waals surface area contributed by atoms with Crippen LogP contribution in [0.2, 0.25) is 0 Å². The lowest BCUT2D eigenvalue weighted by Gasteiger charge is -2.12. The Hall–Kier alpha value is -1.35. The molecule has 0 saturated carbocycles. The Labute approximate surface area is 143 Å². The van der Waals surface area contributed by atoms with Crippen molar-refractivity contribution in [3.63, 3.8) is 0 Å². The van der Waals surface area contributed by atoms with Gasteiger partial charge in [-0.25, -0.2) is 0 Å². The van der Waals surface area contributed by atoms with Crippen molar-refractivity contribution in [1.29, 1.82) is 0 Å². The molecule has 0 spiro atoms. The quantitative estimate of drug-likeness (QED) is 0.692. The van der Waals surface area contributed by atoms with Gasteiger partial charge in [0, 0.05) is 5.75 Å². The van der Waals surface area contributed by atoms with Crippen molar-refractivity contribution in [2.45, 2.75) is 24.0 Å². The minimum atomic E-state index is -0.552. The molecule has 0 aliphatic rings. The maximum Gasteiger partial charge on any atom is 0.174 e. The highest BCUT2D eigenvalue weighted by Crippen LogP contribution is 2.28. The zero-order chi connectivity index (χ0) is 16.7. The Bertz CT molecular complexity index is 621. The van der Waals surface area contributed by atoms with Crippen molar-refractivity contribution in [1.82, 2.24) is 10.2 Å². The number of ether oxygens (including phenoxy) is 3. The first kappa shape index (κ1) is 18.0. The second-order valence-electron chi connectivity index (χ2n) is 4.76. The first-order chi connectivity index (χ1) is 11.1. The molecule has 0 amide bonds. The number of rotatable bonds is 9. The summed E-state index contributed by atoms with van der Waals surface area (Å²) in [4.78, 5) is 0. The van der Waals surface area contributed by atoms with Crippen molar-refractivity contribution in [2.24, 2.45) is 0 Å². The normalized spacial score (nSPS) is 12.2. The molecule has 1 unspecified atom stereocenters. The largest absolute Gasteiger partial charge is 0.493 e. The van der Waals surface area contributed by atoms with Crippen molar-refractivity contribution < 1.29 is 19.3 Å². The van der Waals surface area contributed by atoms with Crippen molar-refractivity contribution in [3.8, 4) is 11.5 Å². The van der Waals surface area contributed by atoms with E-state index in [0.717, 1.165) is 14.9 Å². The predicted molar refractivity (Wildman–Crippen MR) is 90.6 cm³/mol. The maximum atomic E-state index is 9.94. The molecule has 0 radical (unpaired) electrons. The van der Waals surface area contributed by atoms with Crippen LogP contribution in [0.15, 0.2) is 22.5 Å². The van der Waals surface area contributed by atoms with Gasteiger partial charge in [0.05, 0.1) is 33.5 Å². The summed E-state index contributed by atoms with van der Waals surface area (Å²) < 4.78 is 16.9. The third kappa shape index (κ3) is 5.65. The monoisotopic (exact) mass is 356 g/mol. The number of methoxy groups -OCH3 is 2. The summed E-state index contributed by atoms with van der Waals surface area (Å²) in [6.07, 6.45) is -0.552. The number of hydrogen-bond acceptors (Lipinski definition) is 8. The van der Waals surface area contributed by atoms with Gasteiger partial charge in [-0.05, 0) is 24.6 Å². The van der Waals surface area contributed by atoms with Crippen LogP contribution in [0.1, 0.15) is 10.6 Å². The topological polar surface area (TPSA) is 73.7 Å². The van der Waals surface area contributed by atoms with Crippen LogP contribution >= 0.6 is 23.1 Å². The van der Waals surface area contributed by atoms with Gasteiger partial charge in [0.1, 0.15) is 5.01 Å². The number of hydrogen-bond donors (Lipinski definition) is 1. The van der Waals surface area contributed by atoms with Crippen LogP contribution in [0.4, 0.5) is 0 Å². The van der Waals surface area contributed by atoms with Crippen LogP contribution in [0, 0.1) is 6.92 Å². The molecule has 126 valence electrons. The summed E-state index contributed by atoms with van der Waals surface area (Å²) in [7, 11) is 3.19. The van der Waals surface area contributed by atoms with Gasteiger partial charge in [0.15, 0.2) is 15.8 Å². The fourth-order valence-corrected chi connectivity index (χ4v) is 3.58. The smallest absolute Gasteiger partial charge is 0.174 e. The van der Waals surface area contributed by atoms with E-state index < -0.39 is 6.10 Å². The Morgan fingerprint density at radius 2 is 2.00 bits per heavy atom. The second kappa shape index (κ2) is 9.07. The van der Waals surface area contributed by atoms with E-state index in [-0.39, 0.29) is 6.61 Å². The molecule has 0 aliphatic carbocycles. The van der Waals surface area contributed by atoms with Crippen LogP contribution in [-0.2, 0) is 11.3 Å². The lowest BCUT2D eigenvalue weighted by Crippen LogP contribution is -2.17. The summed E-state index contributed by atoms with van der Waals surface area (Å²) in [5.41, 5.74) is 0.960. The molecule has 2 aromatic rings. The lowest BCUT2D eigenvalue weighted by molar-refractivity contribution is 0.0397. The molecular weight excluding hydrogens is 336 g/mol. The van der Waals surface area contributed by atoms with Gasteiger partial charge < -0.3 is 19.3 Å².